The number of nitro benzene ring substituents is 1. The van der Waals surface area contributed by atoms with Crippen LogP contribution >= 0.6 is 0 Å². The van der Waals surface area contributed by atoms with Gasteiger partial charge >= 0.3 is 0 Å². The molecule has 3 aliphatic rings. The van der Waals surface area contributed by atoms with E-state index in [1.165, 1.54) is 25.0 Å². The number of non-ortho nitro benzene ring substituents is 1. The summed E-state index contributed by atoms with van der Waals surface area (Å²) in [4.78, 5) is 48.8. The van der Waals surface area contributed by atoms with Crippen molar-refractivity contribution in [3.63, 3.8) is 0 Å². The highest BCUT2D eigenvalue weighted by Crippen LogP contribution is 2.39. The topological polar surface area (TPSA) is 136 Å². The van der Waals surface area contributed by atoms with Crippen molar-refractivity contribution in [2.24, 2.45) is 0 Å². The number of aromatic amines is 1. The van der Waals surface area contributed by atoms with Crippen molar-refractivity contribution in [3.05, 3.63) is 99.7 Å². The van der Waals surface area contributed by atoms with Crippen LogP contribution in [0.2, 0.25) is 0 Å². The molecule has 2 fully saturated rings. The number of nitro groups is 1. The Balaban J connectivity index is 1.22. The van der Waals surface area contributed by atoms with Crippen molar-refractivity contribution < 1.29 is 14.5 Å². The van der Waals surface area contributed by atoms with Crippen molar-refractivity contribution in [2.45, 2.75) is 32.2 Å². The first kappa shape index (κ1) is 27.4. The number of carbonyl (C=O) groups excluding carboxylic acids is 2. The molecule has 0 bridgehead atoms. The van der Waals surface area contributed by atoms with Gasteiger partial charge in [-0.15, -0.1) is 0 Å². The summed E-state index contributed by atoms with van der Waals surface area (Å²) in [5.74, 6) is 0.687. The zero-order valence-corrected chi connectivity index (χ0v) is 24.0. The summed E-state index contributed by atoms with van der Waals surface area (Å²) in [6, 6.07) is 19.9. The van der Waals surface area contributed by atoms with Gasteiger partial charge < -0.3 is 25.4 Å². The molecular formula is C33H31N7O4. The number of hydrogen-bond donors (Lipinski definition) is 3. The highest BCUT2D eigenvalue weighted by atomic mass is 16.6. The number of hydrogen-bond acceptors (Lipinski definition) is 7. The molecule has 11 heteroatoms. The van der Waals surface area contributed by atoms with Gasteiger partial charge in [-0.2, -0.15) is 0 Å². The molecule has 3 N–H and O–H groups in total. The van der Waals surface area contributed by atoms with Crippen molar-refractivity contribution in [1.82, 2.24) is 14.9 Å². The first-order valence-electron chi connectivity index (χ1n) is 14.8. The standard InChI is InChI=1S/C33H31N7O4/c41-29-4-3-17-39(29)20-21-5-7-23(8-6-21)31(30-26-18-25(40(43)44)13-14-27(26)36-32(30)42)35-24-11-9-22(10-12-24)28-19-34-33(37-28)38-15-1-2-16-38/h5-14,18-19,35H,1-4,15-17,20H2,(H,34,37)(H,36,42)/b31-30-. The number of nitrogens with zero attached hydrogens (tertiary/aromatic N) is 4. The van der Waals surface area contributed by atoms with Crippen molar-refractivity contribution in [2.75, 3.05) is 35.2 Å². The van der Waals surface area contributed by atoms with Crippen LogP contribution in [0.4, 0.5) is 23.0 Å². The zero-order chi connectivity index (χ0) is 30.2. The summed E-state index contributed by atoms with van der Waals surface area (Å²) in [5, 5.41) is 17.9. The van der Waals surface area contributed by atoms with Crippen molar-refractivity contribution in [3.8, 4) is 11.3 Å². The summed E-state index contributed by atoms with van der Waals surface area (Å²) in [6.07, 6.45) is 5.71. The number of carbonyl (C=O) groups is 2. The molecule has 222 valence electrons. The van der Waals surface area contributed by atoms with E-state index in [1.54, 1.807) is 6.07 Å². The Labute approximate surface area is 253 Å². The second-order valence-electron chi connectivity index (χ2n) is 11.3. The number of imidazole rings is 1. The Hall–Kier alpha value is -5.45. The molecule has 4 heterocycles. The molecule has 2 amide bonds. The molecule has 7 rings (SSSR count). The van der Waals surface area contributed by atoms with E-state index in [4.69, 9.17) is 4.98 Å². The van der Waals surface area contributed by atoms with Gasteiger partial charge in [0, 0.05) is 73.4 Å². The van der Waals surface area contributed by atoms with Gasteiger partial charge in [0.25, 0.3) is 11.6 Å². The maximum absolute atomic E-state index is 13.4. The molecule has 1 aromatic heterocycles. The molecule has 4 aromatic rings. The van der Waals surface area contributed by atoms with Crippen LogP contribution in [-0.4, -0.2) is 51.2 Å². The second kappa shape index (κ2) is 11.3. The van der Waals surface area contributed by atoms with Crippen LogP contribution in [-0.2, 0) is 16.1 Å². The van der Waals surface area contributed by atoms with Crippen LogP contribution in [0.25, 0.3) is 22.5 Å². The number of likely N-dealkylation sites (tertiary alicyclic amines) is 1. The van der Waals surface area contributed by atoms with Crippen molar-refractivity contribution in [1.29, 1.82) is 0 Å². The Kier molecular flexibility index (Phi) is 7.05. The summed E-state index contributed by atoms with van der Waals surface area (Å²) < 4.78 is 0. The average molecular weight is 590 g/mol. The lowest BCUT2D eigenvalue weighted by molar-refractivity contribution is -0.384. The van der Waals surface area contributed by atoms with Crippen LogP contribution in [0.1, 0.15) is 42.4 Å². The molecule has 44 heavy (non-hydrogen) atoms. The first-order valence-corrected chi connectivity index (χ1v) is 14.8. The molecule has 0 unspecified atom stereocenters. The number of anilines is 3. The highest BCUT2D eigenvalue weighted by molar-refractivity contribution is 6.37. The maximum atomic E-state index is 13.4. The SMILES string of the molecule is O=C1Nc2ccc([N+](=O)[O-])cc2/C1=C(/Nc1ccc(-c2c[nH]c(N3CCCC3)n2)cc1)c1ccc(CN2CCCC2=O)cc1. The van der Waals surface area contributed by atoms with E-state index in [2.05, 4.69) is 20.5 Å². The molecule has 0 spiro atoms. The lowest BCUT2D eigenvalue weighted by Crippen LogP contribution is -2.23. The van der Waals surface area contributed by atoms with E-state index >= 15 is 0 Å². The highest BCUT2D eigenvalue weighted by Gasteiger charge is 2.30. The molecule has 3 aliphatic heterocycles. The van der Waals surface area contributed by atoms with Crippen LogP contribution in [0, 0.1) is 10.1 Å². The van der Waals surface area contributed by atoms with E-state index < -0.39 is 4.92 Å². The summed E-state index contributed by atoms with van der Waals surface area (Å²) in [6.45, 7) is 3.29. The molecule has 0 atom stereocenters. The van der Waals surface area contributed by atoms with Gasteiger partial charge in [-0.05, 0) is 48.6 Å². The van der Waals surface area contributed by atoms with Crippen LogP contribution < -0.4 is 15.5 Å². The van der Waals surface area contributed by atoms with Gasteiger partial charge in [0.15, 0.2) is 0 Å². The van der Waals surface area contributed by atoms with E-state index in [-0.39, 0.29) is 17.5 Å². The van der Waals surface area contributed by atoms with E-state index in [0.717, 1.165) is 60.1 Å². The zero-order valence-electron chi connectivity index (χ0n) is 24.0. The summed E-state index contributed by atoms with van der Waals surface area (Å²) in [7, 11) is 0. The number of benzene rings is 3. The number of amides is 2. The second-order valence-corrected chi connectivity index (χ2v) is 11.3. The fourth-order valence-electron chi connectivity index (χ4n) is 6.08. The quantitative estimate of drug-likeness (QED) is 0.137. The lowest BCUT2D eigenvalue weighted by Gasteiger charge is -2.18. The Morgan fingerprint density at radius 3 is 2.43 bits per heavy atom. The Bertz CT molecular complexity index is 1790. The Morgan fingerprint density at radius 2 is 1.73 bits per heavy atom. The van der Waals surface area contributed by atoms with Crippen LogP contribution in [0.5, 0.6) is 0 Å². The number of aromatic nitrogens is 2. The van der Waals surface area contributed by atoms with Crippen LogP contribution in [0.15, 0.2) is 72.9 Å². The van der Waals surface area contributed by atoms with Gasteiger partial charge in [-0.3, -0.25) is 19.7 Å². The molecule has 0 radical (unpaired) electrons. The molecule has 0 aliphatic carbocycles. The number of H-pyrrole nitrogens is 1. The summed E-state index contributed by atoms with van der Waals surface area (Å²) >= 11 is 0. The fourth-order valence-corrected chi connectivity index (χ4v) is 6.08. The molecule has 11 nitrogen and oxygen atoms in total. The maximum Gasteiger partial charge on any atom is 0.270 e. The van der Waals surface area contributed by atoms with Gasteiger partial charge in [-0.1, -0.05) is 36.4 Å². The van der Waals surface area contributed by atoms with Gasteiger partial charge in [0.1, 0.15) is 0 Å². The monoisotopic (exact) mass is 589 g/mol. The third kappa shape index (κ3) is 5.28. The van der Waals surface area contributed by atoms with E-state index in [0.29, 0.717) is 35.5 Å². The van der Waals surface area contributed by atoms with Crippen molar-refractivity contribution >= 4 is 46.1 Å². The molecule has 3 aromatic carbocycles. The normalized spacial score (nSPS) is 17.2. The minimum absolute atomic E-state index is 0.0978. The van der Waals surface area contributed by atoms with Crippen LogP contribution in [0.3, 0.4) is 0 Å². The smallest absolute Gasteiger partial charge is 0.270 e. The largest absolute Gasteiger partial charge is 0.354 e. The lowest BCUT2D eigenvalue weighted by atomic mass is 9.98. The minimum atomic E-state index is -0.467. The fraction of sp³-hybridized carbons (Fsp3) is 0.242. The number of nitrogens with one attached hydrogen (secondary N) is 3. The molecule has 2 saturated heterocycles. The first-order chi connectivity index (χ1) is 21.4. The molecular weight excluding hydrogens is 558 g/mol. The third-order valence-electron chi connectivity index (χ3n) is 8.42. The number of fused-ring (bicyclic) bond motifs is 1. The van der Waals surface area contributed by atoms with E-state index in [9.17, 15) is 19.7 Å². The third-order valence-corrected chi connectivity index (χ3v) is 8.42. The minimum Gasteiger partial charge on any atom is -0.354 e. The summed E-state index contributed by atoms with van der Waals surface area (Å²) in [5.41, 5.74) is 5.97. The van der Waals surface area contributed by atoms with E-state index in [1.807, 2.05) is 59.6 Å². The Morgan fingerprint density at radius 1 is 0.955 bits per heavy atom. The number of rotatable bonds is 8. The van der Waals surface area contributed by atoms with Gasteiger partial charge in [0.05, 0.1) is 21.9 Å². The van der Waals surface area contributed by atoms with Gasteiger partial charge in [0.2, 0.25) is 11.9 Å². The molecule has 0 saturated carbocycles. The predicted molar refractivity (Wildman–Crippen MR) is 169 cm³/mol. The predicted octanol–water partition coefficient (Wildman–Crippen LogP) is 5.64. The van der Waals surface area contributed by atoms with Gasteiger partial charge in [-0.25, -0.2) is 4.98 Å². The average Bonchev–Trinajstić information content (AvgIpc) is 3.84.